The molecule has 3 heteroatoms. The van der Waals surface area contributed by atoms with Gasteiger partial charge in [0.15, 0.2) is 0 Å². The van der Waals surface area contributed by atoms with Crippen molar-refractivity contribution in [1.29, 1.82) is 0 Å². The molecule has 3 aliphatic rings. The molecule has 1 fully saturated rings. The van der Waals surface area contributed by atoms with Gasteiger partial charge < -0.3 is 4.74 Å². The lowest BCUT2D eigenvalue weighted by Crippen LogP contribution is -2.17. The molecule has 0 N–H and O–H groups in total. The first kappa shape index (κ1) is 10.6. The Hall–Kier alpha value is -1.54. The summed E-state index contributed by atoms with van der Waals surface area (Å²) >= 11 is 6.14. The highest BCUT2D eigenvalue weighted by molar-refractivity contribution is 6.31. The van der Waals surface area contributed by atoms with Crippen LogP contribution in [-0.2, 0) is 9.53 Å². The zero-order chi connectivity index (χ0) is 11.8. The molecule has 0 unspecified atom stereocenters. The van der Waals surface area contributed by atoms with Gasteiger partial charge in [-0.2, -0.15) is 0 Å². The molecule has 86 valence electrons. The SMILES string of the molecule is O=C1O/C2=C/C=C\C3=CC=CC=C(C3)[C@H]2[C@H]1Cl. The maximum Gasteiger partial charge on any atom is 0.330 e. The van der Waals surface area contributed by atoms with Crippen LogP contribution in [0.25, 0.3) is 0 Å². The highest BCUT2D eigenvalue weighted by Crippen LogP contribution is 2.40. The van der Waals surface area contributed by atoms with Crippen molar-refractivity contribution < 1.29 is 9.53 Å². The average Bonchev–Trinajstić information content (AvgIpc) is 2.52. The molecule has 2 bridgehead atoms. The van der Waals surface area contributed by atoms with Gasteiger partial charge >= 0.3 is 5.97 Å². The number of halogens is 1. The van der Waals surface area contributed by atoms with Gasteiger partial charge in [0.2, 0.25) is 0 Å². The van der Waals surface area contributed by atoms with Crippen molar-refractivity contribution in [1.82, 2.24) is 0 Å². The van der Waals surface area contributed by atoms with Crippen LogP contribution < -0.4 is 0 Å². The first-order chi connectivity index (χ1) is 8.25. The largest absolute Gasteiger partial charge is 0.429 e. The second-order valence-electron chi connectivity index (χ2n) is 4.27. The third-order valence-corrected chi connectivity index (χ3v) is 3.58. The molecule has 0 saturated carbocycles. The topological polar surface area (TPSA) is 26.3 Å². The molecule has 0 radical (unpaired) electrons. The lowest BCUT2D eigenvalue weighted by atomic mass is 9.88. The number of carbonyl (C=O) groups excluding carboxylic acids is 1. The van der Waals surface area contributed by atoms with Crippen LogP contribution in [0.2, 0.25) is 0 Å². The van der Waals surface area contributed by atoms with Gasteiger partial charge in [-0.15, -0.1) is 11.6 Å². The van der Waals surface area contributed by atoms with E-state index in [0.717, 1.165) is 12.0 Å². The predicted octanol–water partition coefficient (Wildman–Crippen LogP) is 3.03. The lowest BCUT2D eigenvalue weighted by molar-refractivity contribution is -0.135. The van der Waals surface area contributed by atoms with Gasteiger partial charge in [0, 0.05) is 0 Å². The van der Waals surface area contributed by atoms with E-state index < -0.39 is 5.38 Å². The number of allylic oxidation sites excluding steroid dienone is 9. The van der Waals surface area contributed by atoms with Crippen molar-refractivity contribution in [2.75, 3.05) is 0 Å². The van der Waals surface area contributed by atoms with Crippen LogP contribution in [0.4, 0.5) is 0 Å². The minimum Gasteiger partial charge on any atom is -0.429 e. The van der Waals surface area contributed by atoms with Crippen molar-refractivity contribution in [2.45, 2.75) is 11.8 Å². The molecule has 17 heavy (non-hydrogen) atoms. The van der Waals surface area contributed by atoms with Gasteiger partial charge in [-0.25, -0.2) is 0 Å². The van der Waals surface area contributed by atoms with E-state index in [4.69, 9.17) is 16.3 Å². The number of hydrogen-bond donors (Lipinski definition) is 0. The van der Waals surface area contributed by atoms with E-state index in [0.29, 0.717) is 5.76 Å². The van der Waals surface area contributed by atoms with Crippen molar-refractivity contribution in [3.8, 4) is 0 Å². The molecule has 0 amide bonds. The molecule has 1 aliphatic heterocycles. The Labute approximate surface area is 105 Å². The van der Waals surface area contributed by atoms with E-state index in [9.17, 15) is 4.79 Å². The molecule has 3 rings (SSSR count). The monoisotopic (exact) mass is 246 g/mol. The van der Waals surface area contributed by atoms with E-state index in [1.165, 1.54) is 5.57 Å². The van der Waals surface area contributed by atoms with E-state index in [1.54, 1.807) is 0 Å². The third-order valence-electron chi connectivity index (χ3n) is 3.15. The maximum absolute atomic E-state index is 11.5. The molecule has 0 aromatic carbocycles. The fourth-order valence-electron chi connectivity index (χ4n) is 2.33. The second-order valence-corrected chi connectivity index (χ2v) is 4.74. The van der Waals surface area contributed by atoms with Crippen LogP contribution >= 0.6 is 11.6 Å². The van der Waals surface area contributed by atoms with Gasteiger partial charge in [-0.05, 0) is 18.1 Å². The van der Waals surface area contributed by atoms with Crippen molar-refractivity contribution >= 4 is 17.6 Å². The van der Waals surface area contributed by atoms with Gasteiger partial charge in [-0.3, -0.25) is 4.79 Å². The standard InChI is InChI=1S/C14H11ClO2/c15-13-12-10-6-2-1-4-9(8-10)5-3-7-11(12)17-14(13)16/h1-7,12-13H,8H2/b5-3-,11-7+/t12-,13-/m1/s1. The van der Waals surface area contributed by atoms with Crippen LogP contribution in [0.5, 0.6) is 0 Å². The number of rotatable bonds is 0. The fraction of sp³-hybridized carbons (Fsp3) is 0.214. The number of fused-ring (bicyclic) bond motifs is 4. The summed E-state index contributed by atoms with van der Waals surface area (Å²) < 4.78 is 5.20. The Kier molecular flexibility index (Phi) is 2.52. The molecule has 2 atom stereocenters. The number of carbonyl (C=O) groups is 1. The van der Waals surface area contributed by atoms with E-state index in [2.05, 4.69) is 6.08 Å². The van der Waals surface area contributed by atoms with Crippen LogP contribution in [0.15, 0.2) is 59.4 Å². The fourth-order valence-corrected chi connectivity index (χ4v) is 2.66. The first-order valence-corrected chi connectivity index (χ1v) is 5.99. The molecular formula is C14H11ClO2. The summed E-state index contributed by atoms with van der Waals surface area (Å²) in [6.07, 6.45) is 14.7. The van der Waals surface area contributed by atoms with E-state index in [-0.39, 0.29) is 11.9 Å². The Morgan fingerprint density at radius 3 is 2.88 bits per heavy atom. The molecular weight excluding hydrogens is 236 g/mol. The highest BCUT2D eigenvalue weighted by Gasteiger charge is 2.42. The summed E-state index contributed by atoms with van der Waals surface area (Å²) in [6.45, 7) is 0. The molecule has 0 spiro atoms. The first-order valence-electron chi connectivity index (χ1n) is 5.56. The summed E-state index contributed by atoms with van der Waals surface area (Å²) in [5, 5.41) is -0.605. The van der Waals surface area contributed by atoms with Gasteiger partial charge in [0.1, 0.15) is 11.1 Å². The number of alkyl halides is 1. The minimum absolute atomic E-state index is 0.125. The summed E-state index contributed by atoms with van der Waals surface area (Å²) in [7, 11) is 0. The molecule has 2 aliphatic carbocycles. The molecule has 2 nitrogen and oxygen atoms in total. The van der Waals surface area contributed by atoms with Crippen molar-refractivity contribution in [3.63, 3.8) is 0 Å². The molecule has 0 aromatic rings. The van der Waals surface area contributed by atoms with Crippen molar-refractivity contribution in [3.05, 3.63) is 59.4 Å². The molecule has 1 heterocycles. The van der Waals surface area contributed by atoms with Crippen molar-refractivity contribution in [2.24, 2.45) is 5.92 Å². The third kappa shape index (κ3) is 1.79. The minimum atomic E-state index is -0.605. The molecule has 0 aromatic heterocycles. The summed E-state index contributed by atoms with van der Waals surface area (Å²) in [4.78, 5) is 11.5. The van der Waals surface area contributed by atoms with Crippen LogP contribution in [-0.4, -0.2) is 11.3 Å². The zero-order valence-electron chi connectivity index (χ0n) is 9.10. The van der Waals surface area contributed by atoms with Crippen LogP contribution in [0.3, 0.4) is 0 Å². The quantitative estimate of drug-likeness (QED) is 0.485. The number of ether oxygens (including phenoxy) is 1. The lowest BCUT2D eigenvalue weighted by Gasteiger charge is -2.17. The predicted molar refractivity (Wildman–Crippen MR) is 66.4 cm³/mol. The summed E-state index contributed by atoms with van der Waals surface area (Å²) in [5.74, 6) is 0.185. The normalized spacial score (nSPS) is 35.4. The van der Waals surface area contributed by atoms with Gasteiger partial charge in [-0.1, -0.05) is 42.0 Å². The smallest absolute Gasteiger partial charge is 0.330 e. The average molecular weight is 247 g/mol. The van der Waals surface area contributed by atoms with Gasteiger partial charge in [0.25, 0.3) is 0 Å². The van der Waals surface area contributed by atoms with Gasteiger partial charge in [0.05, 0.1) is 5.92 Å². The Morgan fingerprint density at radius 1 is 1.18 bits per heavy atom. The second kappa shape index (κ2) is 4.04. The Morgan fingerprint density at radius 2 is 2.00 bits per heavy atom. The summed E-state index contributed by atoms with van der Waals surface area (Å²) in [6, 6.07) is 0. The van der Waals surface area contributed by atoms with E-state index in [1.807, 2.05) is 36.5 Å². The Bertz CT molecular complexity index is 520. The maximum atomic E-state index is 11.5. The van der Waals surface area contributed by atoms with Crippen LogP contribution in [0.1, 0.15) is 6.42 Å². The van der Waals surface area contributed by atoms with E-state index >= 15 is 0 Å². The Balaban J connectivity index is 2.11. The number of esters is 1. The summed E-state index contributed by atoms with van der Waals surface area (Å²) in [5.41, 5.74) is 2.34. The zero-order valence-corrected chi connectivity index (χ0v) is 9.85. The van der Waals surface area contributed by atoms with Crippen LogP contribution in [0, 0.1) is 5.92 Å². The number of hydrogen-bond acceptors (Lipinski definition) is 2. The highest BCUT2D eigenvalue weighted by atomic mass is 35.5. The molecule has 1 saturated heterocycles.